The lowest BCUT2D eigenvalue weighted by Gasteiger charge is -2.19. The van der Waals surface area contributed by atoms with Crippen LogP contribution in [-0.2, 0) is 5.92 Å². The van der Waals surface area contributed by atoms with Crippen LogP contribution in [0.2, 0.25) is 0 Å². The highest BCUT2D eigenvalue weighted by atomic mass is 19.3. The Bertz CT molecular complexity index is 1350. The summed E-state index contributed by atoms with van der Waals surface area (Å²) in [7, 11) is 0. The molecule has 4 aromatic rings. The van der Waals surface area contributed by atoms with E-state index in [0.29, 0.717) is 101 Å². The molecule has 0 aromatic heterocycles. The van der Waals surface area contributed by atoms with E-state index in [4.69, 9.17) is 41.9 Å². The second-order valence-electron chi connectivity index (χ2n) is 11.1. The fourth-order valence-electron chi connectivity index (χ4n) is 4.81. The van der Waals surface area contributed by atoms with E-state index in [-0.39, 0.29) is 11.1 Å². The first-order valence-corrected chi connectivity index (χ1v) is 16.1. The fourth-order valence-corrected chi connectivity index (χ4v) is 4.81. The quantitative estimate of drug-likeness (QED) is 0.0847. The second-order valence-corrected chi connectivity index (χ2v) is 11.1. The molecule has 4 rings (SSSR count). The van der Waals surface area contributed by atoms with E-state index in [1.54, 1.807) is 24.3 Å². The maximum atomic E-state index is 15.8. The van der Waals surface area contributed by atoms with Crippen molar-refractivity contribution in [2.24, 2.45) is 22.9 Å². The molecule has 0 bridgehead atoms. The third-order valence-electron chi connectivity index (χ3n) is 7.39. The van der Waals surface area contributed by atoms with Crippen LogP contribution in [0.15, 0.2) is 84.9 Å². The Hall–Kier alpha value is -4.22. The Morgan fingerprint density at radius 2 is 0.681 bits per heavy atom. The Morgan fingerprint density at radius 3 is 0.936 bits per heavy atom. The van der Waals surface area contributed by atoms with Crippen LogP contribution < -0.4 is 41.9 Å². The lowest BCUT2D eigenvalue weighted by Crippen LogP contribution is -2.15. The Labute approximate surface area is 275 Å². The van der Waals surface area contributed by atoms with Crippen LogP contribution in [0.1, 0.15) is 36.8 Å². The average Bonchev–Trinajstić information content (AvgIpc) is 3.09. The number of halogens is 2. The normalized spacial score (nSPS) is 11.4. The summed E-state index contributed by atoms with van der Waals surface area (Å²) in [5.74, 6) is -0.736. The van der Waals surface area contributed by atoms with Gasteiger partial charge in [-0.15, -0.1) is 0 Å². The molecule has 252 valence electrons. The van der Waals surface area contributed by atoms with Gasteiger partial charge in [-0.2, -0.15) is 8.78 Å². The number of nitrogens with two attached hydrogens (primary N) is 4. The minimum Gasteiger partial charge on any atom is -0.493 e. The van der Waals surface area contributed by atoms with Gasteiger partial charge in [0.25, 0.3) is 5.92 Å². The summed E-state index contributed by atoms with van der Waals surface area (Å²) in [4.78, 5) is 0. The summed E-state index contributed by atoms with van der Waals surface area (Å²) in [6.45, 7) is 3.91. The number of rotatable bonds is 20. The zero-order valence-electron chi connectivity index (χ0n) is 26.8. The van der Waals surface area contributed by atoms with E-state index in [1.807, 2.05) is 36.4 Å². The van der Waals surface area contributed by atoms with Crippen LogP contribution in [0.25, 0.3) is 22.3 Å². The van der Waals surface area contributed by atoms with Crippen molar-refractivity contribution >= 4 is 0 Å². The van der Waals surface area contributed by atoms with E-state index < -0.39 is 5.92 Å². The van der Waals surface area contributed by atoms with Crippen LogP contribution in [0.3, 0.4) is 0 Å². The van der Waals surface area contributed by atoms with Gasteiger partial charge in [-0.1, -0.05) is 48.5 Å². The van der Waals surface area contributed by atoms with E-state index in [1.165, 1.54) is 24.3 Å². The van der Waals surface area contributed by atoms with Crippen LogP contribution in [0.4, 0.5) is 8.78 Å². The van der Waals surface area contributed by atoms with E-state index in [9.17, 15) is 0 Å². The number of alkyl halides is 2. The average molecular weight is 649 g/mol. The molecule has 0 fully saturated rings. The van der Waals surface area contributed by atoms with E-state index >= 15 is 8.78 Å². The Morgan fingerprint density at radius 1 is 0.404 bits per heavy atom. The lowest BCUT2D eigenvalue weighted by atomic mass is 9.95. The first-order chi connectivity index (χ1) is 22.9. The van der Waals surface area contributed by atoms with Gasteiger partial charge in [-0.3, -0.25) is 0 Å². The van der Waals surface area contributed by atoms with Gasteiger partial charge in [0.15, 0.2) is 0 Å². The van der Waals surface area contributed by atoms with Crippen molar-refractivity contribution in [2.45, 2.75) is 31.6 Å². The van der Waals surface area contributed by atoms with Gasteiger partial charge in [0.05, 0.1) is 26.4 Å². The second kappa shape index (κ2) is 18.2. The highest BCUT2D eigenvalue weighted by molar-refractivity contribution is 5.69. The van der Waals surface area contributed by atoms with Crippen LogP contribution in [-0.4, -0.2) is 52.6 Å². The third-order valence-corrected chi connectivity index (χ3v) is 7.39. The first-order valence-electron chi connectivity index (χ1n) is 16.1. The summed E-state index contributed by atoms with van der Waals surface area (Å²) >= 11 is 0. The van der Waals surface area contributed by atoms with Gasteiger partial charge in [0.1, 0.15) is 23.0 Å². The molecule has 0 aliphatic heterocycles. The maximum Gasteiger partial charge on any atom is 0.298 e. The molecule has 8 N–H and O–H groups in total. The van der Waals surface area contributed by atoms with Gasteiger partial charge in [-0.05, 0) is 98.4 Å². The van der Waals surface area contributed by atoms with Gasteiger partial charge < -0.3 is 41.9 Å². The van der Waals surface area contributed by atoms with Crippen molar-refractivity contribution < 1.29 is 27.7 Å². The predicted molar refractivity (Wildman–Crippen MR) is 183 cm³/mol. The molecule has 10 heteroatoms. The van der Waals surface area contributed by atoms with Gasteiger partial charge in [-0.25, -0.2) is 0 Å². The number of hydrogen-bond donors (Lipinski definition) is 4. The minimum atomic E-state index is -3.22. The zero-order valence-corrected chi connectivity index (χ0v) is 26.8. The molecule has 0 aliphatic rings. The summed E-state index contributed by atoms with van der Waals surface area (Å²) in [5.41, 5.74) is 25.3. The van der Waals surface area contributed by atoms with E-state index in [2.05, 4.69) is 0 Å². The molecule has 47 heavy (non-hydrogen) atoms. The SMILES string of the molecule is NCCCOc1cc(OCCCN)cc(-c2ccc(C(F)(F)c3ccc(-c4cc(OCCCN)cc(OCCCN)c4)cc3)cc2)c1. The molecule has 0 spiro atoms. The number of benzene rings is 4. The molecule has 0 aliphatic carbocycles. The predicted octanol–water partition coefficient (Wildman–Crippen LogP) is 6.07. The third kappa shape index (κ3) is 10.4. The molecular weight excluding hydrogens is 602 g/mol. The van der Waals surface area contributed by atoms with Gasteiger partial charge in [0, 0.05) is 23.3 Å². The molecule has 0 radical (unpaired) electrons. The molecule has 0 heterocycles. The molecule has 0 amide bonds. The zero-order chi connectivity index (χ0) is 33.5. The largest absolute Gasteiger partial charge is 0.493 e. The maximum absolute atomic E-state index is 15.8. The molecule has 0 unspecified atom stereocenters. The molecule has 0 saturated heterocycles. The van der Waals surface area contributed by atoms with Gasteiger partial charge in [0.2, 0.25) is 0 Å². The lowest BCUT2D eigenvalue weighted by molar-refractivity contribution is 0.0429. The molecule has 0 saturated carbocycles. The summed E-state index contributed by atoms with van der Waals surface area (Å²) in [5, 5.41) is 0. The van der Waals surface area contributed by atoms with Gasteiger partial charge >= 0.3 is 0 Å². The Kier molecular flexibility index (Phi) is 13.8. The Balaban J connectivity index is 1.54. The molecular formula is C37H46F2N4O4. The molecule has 4 aromatic carbocycles. The van der Waals surface area contributed by atoms with Crippen LogP contribution in [0, 0.1) is 0 Å². The first kappa shape index (κ1) is 35.6. The molecule has 8 nitrogen and oxygen atoms in total. The van der Waals surface area contributed by atoms with Crippen molar-refractivity contribution in [2.75, 3.05) is 52.6 Å². The van der Waals surface area contributed by atoms with E-state index in [0.717, 1.165) is 22.3 Å². The van der Waals surface area contributed by atoms with Crippen molar-refractivity contribution in [1.82, 2.24) is 0 Å². The topological polar surface area (TPSA) is 141 Å². The minimum absolute atomic E-state index is 0.116. The highest BCUT2D eigenvalue weighted by Crippen LogP contribution is 2.39. The smallest absolute Gasteiger partial charge is 0.298 e. The number of ether oxygens (including phenoxy) is 4. The van der Waals surface area contributed by atoms with Crippen molar-refractivity contribution in [3.8, 4) is 45.3 Å². The van der Waals surface area contributed by atoms with Crippen LogP contribution >= 0.6 is 0 Å². The fraction of sp³-hybridized carbons (Fsp3) is 0.351. The van der Waals surface area contributed by atoms with Crippen molar-refractivity contribution in [3.63, 3.8) is 0 Å². The van der Waals surface area contributed by atoms with Crippen molar-refractivity contribution in [1.29, 1.82) is 0 Å². The summed E-state index contributed by atoms with van der Waals surface area (Å²) in [6.07, 6.45) is 2.83. The van der Waals surface area contributed by atoms with Crippen LogP contribution in [0.5, 0.6) is 23.0 Å². The highest BCUT2D eigenvalue weighted by Gasteiger charge is 2.34. The molecule has 0 atom stereocenters. The monoisotopic (exact) mass is 648 g/mol. The summed E-state index contributed by atoms with van der Waals surface area (Å²) in [6, 6.07) is 23.6. The number of hydrogen-bond acceptors (Lipinski definition) is 8. The summed E-state index contributed by atoms with van der Waals surface area (Å²) < 4.78 is 55.0. The standard InChI is InChI=1S/C37H46F2N4O4/c38-37(39,31-9-5-27(6-10-31)29-21-33(44-17-1-13-40)25-34(22-29)45-18-2-14-41)32-11-7-28(8-12-32)30-23-35(46-19-3-15-42)26-36(24-30)47-20-4-16-43/h5-12,21-26H,1-4,13-20,40-43H2. The van der Waals surface area contributed by atoms with Crippen molar-refractivity contribution in [3.05, 3.63) is 96.1 Å².